The predicted molar refractivity (Wildman–Crippen MR) is 40.5 cm³/mol. The molecule has 2 rings (SSSR count). The summed E-state index contributed by atoms with van der Waals surface area (Å²) in [6.45, 7) is 0. The zero-order chi connectivity index (χ0) is 9.59. The Morgan fingerprint density at radius 3 is 2.69 bits per heavy atom. The first-order chi connectivity index (χ1) is 6.11. The molecule has 0 aliphatic carbocycles. The Morgan fingerprint density at radius 1 is 1.31 bits per heavy atom. The van der Waals surface area contributed by atoms with Gasteiger partial charge in [0.2, 0.25) is 0 Å². The third-order valence-electron chi connectivity index (χ3n) is 1.74. The lowest BCUT2D eigenvalue weighted by molar-refractivity contribution is 0.399. The Kier molecular flexibility index (Phi) is 1.39. The maximum atomic E-state index is 13.0. The number of hydrogen-bond donors (Lipinski definition) is 3. The Morgan fingerprint density at radius 2 is 2.00 bits per heavy atom. The number of aromatic hydroxyl groups is 1. The minimum absolute atomic E-state index is 0.159. The van der Waals surface area contributed by atoms with Gasteiger partial charge in [0.1, 0.15) is 5.52 Å². The van der Waals surface area contributed by atoms with E-state index < -0.39 is 22.9 Å². The predicted octanol–water partition coefficient (Wildman–Crippen LogP) is 0.840. The van der Waals surface area contributed by atoms with Crippen LogP contribution in [0.15, 0.2) is 10.9 Å². The fourth-order valence-electron chi connectivity index (χ4n) is 1.10. The number of rotatable bonds is 0. The molecule has 0 saturated heterocycles. The van der Waals surface area contributed by atoms with Crippen molar-refractivity contribution in [3.8, 4) is 5.75 Å². The number of nitrogens with one attached hydrogen (secondary N) is 2. The van der Waals surface area contributed by atoms with Crippen molar-refractivity contribution < 1.29 is 13.9 Å². The second kappa shape index (κ2) is 2.32. The van der Waals surface area contributed by atoms with E-state index in [1.165, 1.54) is 0 Å². The number of phenols is 1. The molecule has 1 aromatic heterocycles. The molecule has 2 aromatic rings. The molecular formula is C7H4F2N2O2. The molecule has 4 nitrogen and oxygen atoms in total. The Balaban J connectivity index is 3.04. The summed E-state index contributed by atoms with van der Waals surface area (Å²) in [5.74, 6) is -3.42. The minimum Gasteiger partial charge on any atom is -0.503 e. The van der Waals surface area contributed by atoms with E-state index in [1.54, 1.807) is 0 Å². The summed E-state index contributed by atoms with van der Waals surface area (Å²) in [5.41, 5.74) is -0.864. The van der Waals surface area contributed by atoms with E-state index >= 15 is 0 Å². The first-order valence-electron chi connectivity index (χ1n) is 3.38. The Bertz CT molecular complexity index is 529. The summed E-state index contributed by atoms with van der Waals surface area (Å²) in [7, 11) is 0. The van der Waals surface area contributed by atoms with Crippen LogP contribution in [0.5, 0.6) is 5.75 Å². The van der Waals surface area contributed by atoms with Gasteiger partial charge >= 0.3 is 0 Å². The quantitative estimate of drug-likeness (QED) is 0.570. The van der Waals surface area contributed by atoms with Crippen LogP contribution in [0.1, 0.15) is 0 Å². The van der Waals surface area contributed by atoms with Gasteiger partial charge in [-0.2, -0.15) is 0 Å². The highest BCUT2D eigenvalue weighted by Gasteiger charge is 2.15. The van der Waals surface area contributed by atoms with Gasteiger partial charge in [-0.1, -0.05) is 0 Å². The molecule has 0 atom stereocenters. The van der Waals surface area contributed by atoms with Gasteiger partial charge in [-0.25, -0.2) is 8.78 Å². The van der Waals surface area contributed by atoms with Crippen molar-refractivity contribution in [1.29, 1.82) is 0 Å². The minimum atomic E-state index is -1.17. The Hall–Kier alpha value is -1.85. The lowest BCUT2D eigenvalue weighted by Gasteiger charge is -1.96. The normalized spacial score (nSPS) is 10.9. The zero-order valence-corrected chi connectivity index (χ0v) is 6.19. The number of H-pyrrole nitrogens is 2. The number of aromatic amines is 2. The summed E-state index contributed by atoms with van der Waals surface area (Å²) in [4.78, 5) is 10.9. The summed E-state index contributed by atoms with van der Waals surface area (Å²) < 4.78 is 25.7. The molecule has 0 aliphatic rings. The third-order valence-corrected chi connectivity index (χ3v) is 1.74. The van der Waals surface area contributed by atoms with E-state index in [4.69, 9.17) is 5.11 Å². The maximum absolute atomic E-state index is 13.0. The van der Waals surface area contributed by atoms with Gasteiger partial charge < -0.3 is 5.11 Å². The van der Waals surface area contributed by atoms with Crippen molar-refractivity contribution in [3.05, 3.63) is 28.1 Å². The smallest absolute Gasteiger partial charge is 0.271 e. The molecule has 0 fully saturated rings. The van der Waals surface area contributed by atoms with Crippen LogP contribution in [0.2, 0.25) is 0 Å². The van der Waals surface area contributed by atoms with Crippen LogP contribution in [0.3, 0.4) is 0 Å². The number of aromatic nitrogens is 2. The molecule has 6 heteroatoms. The van der Waals surface area contributed by atoms with Crippen LogP contribution >= 0.6 is 0 Å². The van der Waals surface area contributed by atoms with Crippen LogP contribution < -0.4 is 5.56 Å². The number of phenolic OH excluding ortho intramolecular Hbond substituents is 1. The van der Waals surface area contributed by atoms with Gasteiger partial charge in [0.05, 0.1) is 5.39 Å². The monoisotopic (exact) mass is 186 g/mol. The largest absolute Gasteiger partial charge is 0.503 e. The zero-order valence-electron chi connectivity index (χ0n) is 6.19. The number of fused-ring (bicyclic) bond motifs is 1. The van der Waals surface area contributed by atoms with Gasteiger partial charge in [-0.05, 0) is 6.07 Å². The number of hydrogen-bond acceptors (Lipinski definition) is 2. The summed E-state index contributed by atoms with van der Waals surface area (Å²) in [6.07, 6.45) is 0. The third kappa shape index (κ3) is 0.915. The molecule has 13 heavy (non-hydrogen) atoms. The molecule has 1 aromatic carbocycles. The second-order valence-electron chi connectivity index (χ2n) is 2.52. The summed E-state index contributed by atoms with van der Waals surface area (Å²) in [6, 6.07) is 0.767. The van der Waals surface area contributed by atoms with Crippen molar-refractivity contribution in [2.75, 3.05) is 0 Å². The molecule has 68 valence electrons. The fourth-order valence-corrected chi connectivity index (χ4v) is 1.10. The van der Waals surface area contributed by atoms with Crippen molar-refractivity contribution >= 4 is 10.9 Å². The first kappa shape index (κ1) is 7.78. The first-order valence-corrected chi connectivity index (χ1v) is 3.38. The molecule has 0 aliphatic heterocycles. The molecule has 3 N–H and O–H groups in total. The van der Waals surface area contributed by atoms with E-state index in [2.05, 4.69) is 10.2 Å². The van der Waals surface area contributed by atoms with Gasteiger partial charge in [0.15, 0.2) is 17.4 Å². The molecule has 0 bridgehead atoms. The van der Waals surface area contributed by atoms with Gasteiger partial charge in [0, 0.05) is 0 Å². The second-order valence-corrected chi connectivity index (χ2v) is 2.52. The van der Waals surface area contributed by atoms with E-state index in [0.717, 1.165) is 6.07 Å². The average molecular weight is 186 g/mol. The average Bonchev–Trinajstić information content (AvgIpc) is 2.45. The highest BCUT2D eigenvalue weighted by atomic mass is 19.1. The van der Waals surface area contributed by atoms with Crippen molar-refractivity contribution in [3.63, 3.8) is 0 Å². The maximum Gasteiger partial charge on any atom is 0.271 e. The lowest BCUT2D eigenvalue weighted by atomic mass is 10.2. The van der Waals surface area contributed by atoms with E-state index in [9.17, 15) is 13.6 Å². The fraction of sp³-hybridized carbons (Fsp3) is 0. The molecule has 0 radical (unpaired) electrons. The molecule has 0 unspecified atom stereocenters. The van der Waals surface area contributed by atoms with Crippen LogP contribution in [-0.2, 0) is 0 Å². The van der Waals surface area contributed by atoms with E-state index in [0.29, 0.717) is 0 Å². The SMILES string of the molecule is O=c1[nH][nH]c2c(F)c(O)c(F)cc12. The van der Waals surface area contributed by atoms with Crippen LogP contribution in [0, 0.1) is 11.6 Å². The van der Waals surface area contributed by atoms with Crippen molar-refractivity contribution in [2.24, 2.45) is 0 Å². The highest BCUT2D eigenvalue weighted by Crippen LogP contribution is 2.25. The molecular weight excluding hydrogens is 182 g/mol. The van der Waals surface area contributed by atoms with Gasteiger partial charge in [-0.3, -0.25) is 15.0 Å². The van der Waals surface area contributed by atoms with Crippen LogP contribution in [0.4, 0.5) is 8.78 Å². The van der Waals surface area contributed by atoms with E-state index in [1.807, 2.05) is 0 Å². The molecule has 0 spiro atoms. The summed E-state index contributed by atoms with van der Waals surface area (Å²) in [5, 5.41) is 12.9. The Labute approximate surface area is 69.8 Å². The van der Waals surface area contributed by atoms with Gasteiger partial charge in [-0.15, -0.1) is 0 Å². The molecule has 0 amide bonds. The van der Waals surface area contributed by atoms with Gasteiger partial charge in [0.25, 0.3) is 5.56 Å². The molecule has 0 saturated carbocycles. The standard InChI is InChI=1S/C7H4F2N2O2/c8-3-1-2-5(4(9)6(3)12)10-11-7(2)13/h1,12H,(H2,10,11,13). The lowest BCUT2D eigenvalue weighted by Crippen LogP contribution is -1.98. The number of halogens is 2. The molecule has 1 heterocycles. The van der Waals surface area contributed by atoms with Crippen LogP contribution in [0.25, 0.3) is 10.9 Å². The summed E-state index contributed by atoms with van der Waals surface area (Å²) >= 11 is 0. The van der Waals surface area contributed by atoms with Crippen molar-refractivity contribution in [1.82, 2.24) is 10.2 Å². The highest BCUT2D eigenvalue weighted by molar-refractivity contribution is 5.80. The van der Waals surface area contributed by atoms with E-state index in [-0.39, 0.29) is 10.9 Å². The van der Waals surface area contributed by atoms with Crippen LogP contribution in [-0.4, -0.2) is 15.3 Å². The topological polar surface area (TPSA) is 68.9 Å². The number of benzene rings is 1. The van der Waals surface area contributed by atoms with Crippen molar-refractivity contribution in [2.45, 2.75) is 0 Å².